The van der Waals surface area contributed by atoms with Gasteiger partial charge in [0.15, 0.2) is 0 Å². The van der Waals surface area contributed by atoms with Gasteiger partial charge < -0.3 is 10.3 Å². The molecule has 2 aromatic carbocycles. The largest absolute Gasteiger partial charge is 0.339 e. The molecule has 0 aliphatic heterocycles. The number of benzene rings is 2. The number of nitrogen functional groups attached to an aromatic ring is 1. The third kappa shape index (κ3) is 2.75. The highest BCUT2D eigenvalue weighted by atomic mass is 16.6. The van der Waals surface area contributed by atoms with E-state index in [1.54, 1.807) is 48.3 Å². The summed E-state index contributed by atoms with van der Waals surface area (Å²) in [5.74, 6) is 5.33. The first kappa shape index (κ1) is 14.3. The molecule has 7 heteroatoms. The first-order valence-electron chi connectivity index (χ1n) is 6.06. The summed E-state index contributed by atoms with van der Waals surface area (Å²) in [5.41, 5.74) is 4.12. The molecule has 7 nitrogen and oxygen atoms in total. The van der Waals surface area contributed by atoms with Gasteiger partial charge in [-0.05, 0) is 36.4 Å². The van der Waals surface area contributed by atoms with Gasteiger partial charge >= 0.3 is 5.69 Å². The van der Waals surface area contributed by atoms with E-state index in [0.29, 0.717) is 11.3 Å². The molecule has 106 valence electrons. The smallest absolute Gasteiger partial charge is 0.317 e. The Morgan fingerprint density at radius 3 is 2.48 bits per heavy atom. The third-order valence-electron chi connectivity index (χ3n) is 3.10. The average Bonchev–Trinajstić information content (AvgIpc) is 2.53. The predicted octanol–water partition coefficient (Wildman–Crippen LogP) is 2.52. The van der Waals surface area contributed by atoms with Crippen LogP contribution in [0.4, 0.5) is 22.7 Å². The van der Waals surface area contributed by atoms with E-state index in [1.165, 1.54) is 6.07 Å². The number of para-hydroxylation sites is 1. The normalized spacial score (nSPS) is 9.76. The number of nitrogens with zero attached hydrogens (tertiary/aromatic N) is 3. The van der Waals surface area contributed by atoms with Gasteiger partial charge in [-0.3, -0.25) is 16.0 Å². The maximum Gasteiger partial charge on any atom is 0.317 e. The molecule has 0 unspecified atom stereocenters. The van der Waals surface area contributed by atoms with Crippen molar-refractivity contribution in [2.24, 2.45) is 5.84 Å². The summed E-state index contributed by atoms with van der Waals surface area (Å²) in [5, 5.41) is 20.1. The quantitative estimate of drug-likeness (QED) is 0.507. The zero-order valence-electron chi connectivity index (χ0n) is 11.3. The number of nitro benzene ring substituents is 1. The summed E-state index contributed by atoms with van der Waals surface area (Å²) < 4.78 is 0. The van der Waals surface area contributed by atoms with Gasteiger partial charge in [0.2, 0.25) is 0 Å². The molecule has 0 fully saturated rings. The summed E-state index contributed by atoms with van der Waals surface area (Å²) in [6.07, 6.45) is 0. The standard InChI is InChI=1S/C14H13N5O2/c1-18(11-7-5-10(9-15)6-8-11)13-4-2-3-12(17-16)14(13)19(20)21/h2-8,17H,16H2,1H3. The fraction of sp³-hybridized carbons (Fsp3) is 0.0714. The van der Waals surface area contributed by atoms with Crippen LogP contribution in [-0.4, -0.2) is 12.0 Å². The molecule has 3 N–H and O–H groups in total. The Balaban J connectivity index is 2.49. The molecule has 0 aromatic heterocycles. The van der Waals surface area contributed by atoms with Crippen LogP contribution in [0.2, 0.25) is 0 Å². The second-order valence-electron chi connectivity index (χ2n) is 4.29. The maximum atomic E-state index is 11.3. The molecule has 0 saturated heterocycles. The SMILES string of the molecule is CN(c1ccc(C#N)cc1)c1cccc(NN)c1[N+](=O)[O-]. The maximum absolute atomic E-state index is 11.3. The lowest BCUT2D eigenvalue weighted by molar-refractivity contribution is -0.383. The molecule has 0 radical (unpaired) electrons. The van der Waals surface area contributed by atoms with Crippen molar-refractivity contribution in [2.75, 3.05) is 17.4 Å². The van der Waals surface area contributed by atoms with Gasteiger partial charge in [-0.1, -0.05) is 6.07 Å². The van der Waals surface area contributed by atoms with Crippen molar-refractivity contribution in [3.8, 4) is 6.07 Å². The van der Waals surface area contributed by atoms with Gasteiger partial charge in [0.05, 0.1) is 16.6 Å². The second kappa shape index (κ2) is 5.90. The number of nitriles is 1. The number of rotatable bonds is 4. The summed E-state index contributed by atoms with van der Waals surface area (Å²) in [7, 11) is 1.71. The van der Waals surface area contributed by atoms with Crippen molar-refractivity contribution in [3.05, 3.63) is 58.1 Å². The lowest BCUT2D eigenvalue weighted by Crippen LogP contribution is -2.14. The molecule has 0 saturated carbocycles. The Bertz CT molecular complexity index is 706. The molecule has 0 spiro atoms. The van der Waals surface area contributed by atoms with E-state index in [4.69, 9.17) is 11.1 Å². The molecule has 0 heterocycles. The summed E-state index contributed by atoms with van der Waals surface area (Å²) in [6, 6.07) is 13.6. The molecule has 21 heavy (non-hydrogen) atoms. The lowest BCUT2D eigenvalue weighted by atomic mass is 10.1. The Hall–Kier alpha value is -3.11. The van der Waals surface area contributed by atoms with Crippen LogP contribution in [0.5, 0.6) is 0 Å². The van der Waals surface area contributed by atoms with Crippen molar-refractivity contribution >= 4 is 22.7 Å². The Morgan fingerprint density at radius 2 is 1.95 bits per heavy atom. The number of nitro groups is 1. The van der Waals surface area contributed by atoms with Gasteiger partial charge in [0.1, 0.15) is 11.4 Å². The molecule has 2 aromatic rings. The minimum absolute atomic E-state index is 0.105. The Kier molecular flexibility index (Phi) is 4.02. The molecule has 0 amide bonds. The first-order chi connectivity index (χ1) is 10.1. The zero-order valence-corrected chi connectivity index (χ0v) is 11.3. The number of anilines is 3. The molecule has 2 rings (SSSR count). The monoisotopic (exact) mass is 283 g/mol. The summed E-state index contributed by atoms with van der Waals surface area (Å²) in [4.78, 5) is 12.5. The molecule has 0 atom stereocenters. The van der Waals surface area contributed by atoms with Crippen LogP contribution in [0.15, 0.2) is 42.5 Å². The average molecular weight is 283 g/mol. The number of hydrogen-bond acceptors (Lipinski definition) is 6. The van der Waals surface area contributed by atoms with Crippen LogP contribution in [-0.2, 0) is 0 Å². The van der Waals surface area contributed by atoms with Gasteiger partial charge in [-0.25, -0.2) is 0 Å². The fourth-order valence-corrected chi connectivity index (χ4v) is 2.01. The number of hydrogen-bond donors (Lipinski definition) is 2. The van der Waals surface area contributed by atoms with Crippen LogP contribution in [0.1, 0.15) is 5.56 Å². The van der Waals surface area contributed by atoms with Crippen LogP contribution in [0.25, 0.3) is 0 Å². The highest BCUT2D eigenvalue weighted by molar-refractivity contribution is 5.80. The first-order valence-corrected chi connectivity index (χ1v) is 6.06. The van der Waals surface area contributed by atoms with E-state index in [9.17, 15) is 10.1 Å². The van der Waals surface area contributed by atoms with E-state index < -0.39 is 4.92 Å². The van der Waals surface area contributed by atoms with Crippen molar-refractivity contribution in [3.63, 3.8) is 0 Å². The molecular weight excluding hydrogens is 270 g/mol. The van der Waals surface area contributed by atoms with Crippen molar-refractivity contribution < 1.29 is 4.92 Å². The summed E-state index contributed by atoms with van der Waals surface area (Å²) in [6.45, 7) is 0. The second-order valence-corrected chi connectivity index (χ2v) is 4.29. The van der Waals surface area contributed by atoms with Crippen LogP contribution in [0.3, 0.4) is 0 Å². The highest BCUT2D eigenvalue weighted by Gasteiger charge is 2.22. The molecule has 0 bridgehead atoms. The van der Waals surface area contributed by atoms with E-state index in [0.717, 1.165) is 5.69 Å². The lowest BCUT2D eigenvalue weighted by Gasteiger charge is -2.20. The van der Waals surface area contributed by atoms with Crippen LogP contribution < -0.4 is 16.2 Å². The Morgan fingerprint density at radius 1 is 1.29 bits per heavy atom. The van der Waals surface area contributed by atoms with Gasteiger partial charge in [0, 0.05) is 12.7 Å². The topological polar surface area (TPSA) is 108 Å². The number of nitrogens with one attached hydrogen (secondary N) is 1. The predicted molar refractivity (Wildman–Crippen MR) is 80.1 cm³/mol. The van der Waals surface area contributed by atoms with Gasteiger partial charge in [-0.15, -0.1) is 0 Å². The molecule has 0 aliphatic carbocycles. The molecular formula is C14H13N5O2. The van der Waals surface area contributed by atoms with Gasteiger partial charge in [0.25, 0.3) is 0 Å². The Labute approximate surface area is 121 Å². The van der Waals surface area contributed by atoms with Crippen molar-refractivity contribution in [1.29, 1.82) is 5.26 Å². The van der Waals surface area contributed by atoms with Crippen LogP contribution >= 0.6 is 0 Å². The van der Waals surface area contributed by atoms with Crippen molar-refractivity contribution in [2.45, 2.75) is 0 Å². The third-order valence-corrected chi connectivity index (χ3v) is 3.10. The van der Waals surface area contributed by atoms with Crippen molar-refractivity contribution in [1.82, 2.24) is 0 Å². The van der Waals surface area contributed by atoms with E-state index in [1.807, 2.05) is 6.07 Å². The highest BCUT2D eigenvalue weighted by Crippen LogP contribution is 2.37. The fourth-order valence-electron chi connectivity index (χ4n) is 2.01. The summed E-state index contributed by atoms with van der Waals surface area (Å²) >= 11 is 0. The van der Waals surface area contributed by atoms with E-state index >= 15 is 0 Å². The minimum atomic E-state index is -0.481. The zero-order chi connectivity index (χ0) is 15.4. The minimum Gasteiger partial charge on any atom is -0.339 e. The van der Waals surface area contributed by atoms with Crippen LogP contribution in [0, 0.1) is 21.4 Å². The number of nitrogens with two attached hydrogens (primary N) is 1. The van der Waals surface area contributed by atoms with E-state index in [-0.39, 0.29) is 11.4 Å². The molecule has 0 aliphatic rings. The number of hydrazine groups is 1. The van der Waals surface area contributed by atoms with Gasteiger partial charge in [-0.2, -0.15) is 5.26 Å². The van der Waals surface area contributed by atoms with E-state index in [2.05, 4.69) is 5.43 Å².